The predicted molar refractivity (Wildman–Crippen MR) is 75.4 cm³/mol. The Bertz CT molecular complexity index is 693. The SMILES string of the molecule is Cc1cc(C)c(N)c(-c2nc3ccccc3[nH]2)c1. The molecule has 0 saturated carbocycles. The third kappa shape index (κ3) is 1.64. The van der Waals surface area contributed by atoms with E-state index in [0.29, 0.717) is 0 Å². The summed E-state index contributed by atoms with van der Waals surface area (Å²) in [4.78, 5) is 7.91. The number of aromatic nitrogens is 2. The third-order valence-electron chi connectivity index (χ3n) is 3.18. The summed E-state index contributed by atoms with van der Waals surface area (Å²) in [6.07, 6.45) is 0. The number of aromatic amines is 1. The van der Waals surface area contributed by atoms with Gasteiger partial charge in [-0.3, -0.25) is 0 Å². The van der Waals surface area contributed by atoms with E-state index in [2.05, 4.69) is 29.0 Å². The normalized spacial score (nSPS) is 11.0. The number of nitrogens with one attached hydrogen (secondary N) is 1. The van der Waals surface area contributed by atoms with Gasteiger partial charge in [0.25, 0.3) is 0 Å². The number of rotatable bonds is 1. The van der Waals surface area contributed by atoms with Crippen LogP contribution in [0.3, 0.4) is 0 Å². The first-order chi connectivity index (χ1) is 8.65. The van der Waals surface area contributed by atoms with Gasteiger partial charge in [-0.1, -0.05) is 18.2 Å². The zero-order chi connectivity index (χ0) is 12.7. The second-order valence-corrected chi connectivity index (χ2v) is 4.65. The van der Waals surface area contributed by atoms with Crippen molar-refractivity contribution in [2.75, 3.05) is 5.73 Å². The molecule has 0 saturated heterocycles. The highest BCUT2D eigenvalue weighted by atomic mass is 14.9. The molecule has 3 heteroatoms. The summed E-state index contributed by atoms with van der Waals surface area (Å²) in [5.41, 5.74) is 12.2. The van der Waals surface area contributed by atoms with Crippen molar-refractivity contribution >= 4 is 16.7 Å². The number of nitrogens with two attached hydrogens (primary N) is 1. The highest BCUT2D eigenvalue weighted by molar-refractivity contribution is 5.83. The minimum Gasteiger partial charge on any atom is -0.398 e. The highest BCUT2D eigenvalue weighted by Crippen LogP contribution is 2.29. The van der Waals surface area contributed by atoms with Crippen molar-refractivity contribution in [3.63, 3.8) is 0 Å². The van der Waals surface area contributed by atoms with Crippen molar-refractivity contribution in [1.29, 1.82) is 0 Å². The molecule has 0 fully saturated rings. The minimum absolute atomic E-state index is 0.791. The van der Waals surface area contributed by atoms with E-state index in [1.165, 1.54) is 5.56 Å². The molecule has 1 aromatic heterocycles. The van der Waals surface area contributed by atoms with Crippen molar-refractivity contribution in [3.8, 4) is 11.4 Å². The average Bonchev–Trinajstić information content (AvgIpc) is 2.77. The van der Waals surface area contributed by atoms with Crippen LogP contribution in [0.25, 0.3) is 22.4 Å². The molecule has 0 spiro atoms. The van der Waals surface area contributed by atoms with Gasteiger partial charge in [0.2, 0.25) is 0 Å². The third-order valence-corrected chi connectivity index (χ3v) is 3.18. The van der Waals surface area contributed by atoms with Crippen LogP contribution in [0.1, 0.15) is 11.1 Å². The molecular formula is C15H15N3. The Kier molecular flexibility index (Phi) is 2.33. The lowest BCUT2D eigenvalue weighted by atomic mass is 10.0. The van der Waals surface area contributed by atoms with Crippen molar-refractivity contribution in [2.45, 2.75) is 13.8 Å². The smallest absolute Gasteiger partial charge is 0.140 e. The molecule has 3 nitrogen and oxygen atoms in total. The average molecular weight is 237 g/mol. The number of aryl methyl sites for hydroxylation is 2. The van der Waals surface area contributed by atoms with Gasteiger partial charge in [-0.05, 0) is 43.2 Å². The van der Waals surface area contributed by atoms with Crippen LogP contribution in [0.2, 0.25) is 0 Å². The van der Waals surface area contributed by atoms with Crippen molar-refractivity contribution in [3.05, 3.63) is 47.5 Å². The van der Waals surface area contributed by atoms with Gasteiger partial charge in [0, 0.05) is 11.3 Å². The highest BCUT2D eigenvalue weighted by Gasteiger charge is 2.10. The van der Waals surface area contributed by atoms with Crippen LogP contribution >= 0.6 is 0 Å². The topological polar surface area (TPSA) is 54.7 Å². The molecule has 0 amide bonds. The molecule has 90 valence electrons. The Morgan fingerprint density at radius 3 is 2.67 bits per heavy atom. The first-order valence-corrected chi connectivity index (χ1v) is 5.97. The van der Waals surface area contributed by atoms with E-state index < -0.39 is 0 Å². The summed E-state index contributed by atoms with van der Waals surface area (Å²) in [6.45, 7) is 4.09. The largest absolute Gasteiger partial charge is 0.398 e. The fourth-order valence-electron chi connectivity index (χ4n) is 2.26. The van der Waals surface area contributed by atoms with Gasteiger partial charge in [-0.2, -0.15) is 0 Å². The van der Waals surface area contributed by atoms with E-state index in [1.54, 1.807) is 0 Å². The molecule has 0 aliphatic heterocycles. The van der Waals surface area contributed by atoms with Gasteiger partial charge in [-0.25, -0.2) is 4.98 Å². The summed E-state index contributed by atoms with van der Waals surface area (Å²) in [5, 5.41) is 0. The van der Waals surface area contributed by atoms with E-state index in [4.69, 9.17) is 5.73 Å². The number of para-hydroxylation sites is 2. The van der Waals surface area contributed by atoms with Gasteiger partial charge in [0.1, 0.15) is 5.82 Å². The zero-order valence-electron chi connectivity index (χ0n) is 10.5. The Labute approximate surface area is 106 Å². The molecule has 0 aliphatic carbocycles. The zero-order valence-corrected chi connectivity index (χ0v) is 10.5. The van der Waals surface area contributed by atoms with Crippen molar-refractivity contribution in [2.24, 2.45) is 0 Å². The van der Waals surface area contributed by atoms with Crippen molar-refractivity contribution < 1.29 is 0 Å². The second-order valence-electron chi connectivity index (χ2n) is 4.65. The van der Waals surface area contributed by atoms with Crippen LogP contribution in [0.15, 0.2) is 36.4 Å². The number of anilines is 1. The molecule has 3 rings (SSSR count). The summed E-state index contributed by atoms with van der Waals surface area (Å²) in [6, 6.07) is 12.1. The lowest BCUT2D eigenvalue weighted by Crippen LogP contribution is -1.95. The molecular weight excluding hydrogens is 222 g/mol. The Morgan fingerprint density at radius 2 is 1.89 bits per heavy atom. The van der Waals surface area contributed by atoms with E-state index >= 15 is 0 Å². The number of nitrogen functional groups attached to an aromatic ring is 1. The molecule has 2 aromatic carbocycles. The standard InChI is InChI=1S/C15H15N3/c1-9-7-10(2)14(16)11(8-9)15-17-12-5-3-4-6-13(12)18-15/h3-8H,16H2,1-2H3,(H,17,18). The van der Waals surface area contributed by atoms with Crippen LogP contribution in [-0.4, -0.2) is 9.97 Å². The maximum atomic E-state index is 6.15. The number of hydrogen-bond acceptors (Lipinski definition) is 2. The molecule has 0 radical (unpaired) electrons. The molecule has 0 unspecified atom stereocenters. The summed E-state index contributed by atoms with van der Waals surface area (Å²) in [7, 11) is 0. The van der Waals surface area contributed by atoms with E-state index in [0.717, 1.165) is 33.7 Å². The van der Waals surface area contributed by atoms with Crippen LogP contribution in [0, 0.1) is 13.8 Å². The van der Waals surface area contributed by atoms with Gasteiger partial charge in [0.15, 0.2) is 0 Å². The summed E-state index contributed by atoms with van der Waals surface area (Å²) in [5.74, 6) is 0.834. The maximum absolute atomic E-state index is 6.15. The van der Waals surface area contributed by atoms with Crippen LogP contribution < -0.4 is 5.73 Å². The van der Waals surface area contributed by atoms with Gasteiger partial charge >= 0.3 is 0 Å². The lowest BCUT2D eigenvalue weighted by molar-refractivity contribution is 1.31. The Morgan fingerprint density at radius 1 is 1.11 bits per heavy atom. The second kappa shape index (κ2) is 3.88. The predicted octanol–water partition coefficient (Wildman–Crippen LogP) is 3.43. The molecule has 1 heterocycles. The first-order valence-electron chi connectivity index (χ1n) is 5.97. The summed E-state index contributed by atoms with van der Waals surface area (Å²) >= 11 is 0. The van der Waals surface area contributed by atoms with Crippen LogP contribution in [0.4, 0.5) is 5.69 Å². The quantitative estimate of drug-likeness (QED) is 0.637. The van der Waals surface area contributed by atoms with Crippen molar-refractivity contribution in [1.82, 2.24) is 9.97 Å². The molecule has 3 N–H and O–H groups in total. The number of nitrogens with zero attached hydrogens (tertiary/aromatic N) is 1. The minimum atomic E-state index is 0.791. The van der Waals surface area contributed by atoms with E-state index in [-0.39, 0.29) is 0 Å². The van der Waals surface area contributed by atoms with Crippen LogP contribution in [-0.2, 0) is 0 Å². The molecule has 3 aromatic rings. The molecule has 0 aliphatic rings. The maximum Gasteiger partial charge on any atom is 0.140 e. The Balaban J connectivity index is 2.26. The Hall–Kier alpha value is -2.29. The lowest BCUT2D eigenvalue weighted by Gasteiger charge is -2.07. The fraction of sp³-hybridized carbons (Fsp3) is 0.133. The number of H-pyrrole nitrogens is 1. The molecule has 18 heavy (non-hydrogen) atoms. The monoisotopic (exact) mass is 237 g/mol. The van der Waals surface area contributed by atoms with Gasteiger partial charge in [-0.15, -0.1) is 0 Å². The van der Waals surface area contributed by atoms with Gasteiger partial charge < -0.3 is 10.7 Å². The number of benzene rings is 2. The number of imidazole rings is 1. The van der Waals surface area contributed by atoms with E-state index in [9.17, 15) is 0 Å². The number of fused-ring (bicyclic) bond motifs is 1. The summed E-state index contributed by atoms with van der Waals surface area (Å²) < 4.78 is 0. The molecule has 0 bridgehead atoms. The van der Waals surface area contributed by atoms with Gasteiger partial charge in [0.05, 0.1) is 11.0 Å². The van der Waals surface area contributed by atoms with E-state index in [1.807, 2.05) is 31.2 Å². The fourth-order valence-corrected chi connectivity index (χ4v) is 2.26. The first kappa shape index (κ1) is 10.8. The molecule has 0 atom stereocenters. The number of hydrogen-bond donors (Lipinski definition) is 2. The van der Waals surface area contributed by atoms with Crippen LogP contribution in [0.5, 0.6) is 0 Å².